The molecule has 0 aliphatic carbocycles. The van der Waals surface area contributed by atoms with Crippen LogP contribution in [0.1, 0.15) is 0 Å². The van der Waals surface area contributed by atoms with Crippen LogP contribution in [0.3, 0.4) is 0 Å². The fourth-order valence-corrected chi connectivity index (χ4v) is 11.0. The minimum absolute atomic E-state index is 0.557. The molecule has 64 heavy (non-hydrogen) atoms. The SMILES string of the molecule is c1ccc(-c2nc(-c3ccccc3)nc(-c3cccc4c3oc3c(-n5c6ccccc6c6cc(-n7c8ccccc8c8cc9sc%10ccccc%10c9cc87)ccc65)cccc34)n2)cc1. The van der Waals surface area contributed by atoms with Gasteiger partial charge >= 0.3 is 0 Å². The second-order valence-corrected chi connectivity index (χ2v) is 17.4. The Labute approximate surface area is 369 Å². The van der Waals surface area contributed by atoms with Crippen molar-refractivity contribution < 1.29 is 4.42 Å². The van der Waals surface area contributed by atoms with Crippen LogP contribution in [0.5, 0.6) is 0 Å². The predicted octanol–water partition coefficient (Wildman–Crippen LogP) is 15.3. The molecule has 0 saturated heterocycles. The van der Waals surface area contributed by atoms with Crippen LogP contribution < -0.4 is 0 Å². The molecule has 0 fully saturated rings. The summed E-state index contributed by atoms with van der Waals surface area (Å²) in [6.45, 7) is 0. The van der Waals surface area contributed by atoms with Crippen LogP contribution in [0.2, 0.25) is 0 Å². The van der Waals surface area contributed by atoms with Crippen molar-refractivity contribution in [2.75, 3.05) is 0 Å². The minimum atomic E-state index is 0.557. The summed E-state index contributed by atoms with van der Waals surface area (Å²) in [5.74, 6) is 1.77. The molecule has 0 radical (unpaired) electrons. The zero-order valence-corrected chi connectivity index (χ0v) is 34.9. The van der Waals surface area contributed by atoms with Gasteiger partial charge in [0.25, 0.3) is 0 Å². The van der Waals surface area contributed by atoms with E-state index in [1.807, 2.05) is 78.1 Å². The molecule has 298 valence electrons. The number of aromatic nitrogens is 5. The molecule has 5 aromatic heterocycles. The highest BCUT2D eigenvalue weighted by Crippen LogP contribution is 2.44. The third kappa shape index (κ3) is 5.16. The van der Waals surface area contributed by atoms with Gasteiger partial charge < -0.3 is 13.6 Å². The Morgan fingerprint density at radius 2 is 0.906 bits per heavy atom. The number of furan rings is 1. The lowest BCUT2D eigenvalue weighted by Crippen LogP contribution is -2.00. The van der Waals surface area contributed by atoms with Crippen molar-refractivity contribution in [3.05, 3.63) is 200 Å². The van der Waals surface area contributed by atoms with Gasteiger partial charge in [0.05, 0.1) is 33.3 Å². The van der Waals surface area contributed by atoms with Crippen LogP contribution in [0.25, 0.3) is 131 Å². The van der Waals surface area contributed by atoms with Gasteiger partial charge in [0.15, 0.2) is 23.1 Å². The van der Waals surface area contributed by atoms with Crippen molar-refractivity contribution in [3.8, 4) is 45.5 Å². The number of benzene rings is 9. The number of fused-ring (bicyclic) bond motifs is 12. The third-order valence-corrected chi connectivity index (χ3v) is 13.9. The molecule has 0 aliphatic heterocycles. The Morgan fingerprint density at radius 1 is 0.344 bits per heavy atom. The standard InChI is InChI=1S/C57H33N5OS/c1-3-15-34(16-4-1)55-58-56(35-17-5-2-6-18-35)60-57(59-55)42-24-13-22-40-41-23-14-27-49(54(41)63-53(40)42)62-47-26-11-8-19-37(47)43-31-36(29-30-48(43)62)61-46-25-10-7-20-38(46)44-33-52-45(32-50(44)61)39-21-9-12-28-51(39)64-52/h1-33H. The Morgan fingerprint density at radius 3 is 1.64 bits per heavy atom. The molecule has 6 nitrogen and oxygen atoms in total. The first-order chi connectivity index (χ1) is 31.7. The number of nitrogens with zero attached hydrogens (tertiary/aromatic N) is 5. The first-order valence-corrected chi connectivity index (χ1v) is 22.3. The molecule has 0 atom stereocenters. The molecular formula is C57H33N5OS. The quantitative estimate of drug-likeness (QED) is 0.173. The number of rotatable bonds is 5. The van der Waals surface area contributed by atoms with Gasteiger partial charge in [-0.05, 0) is 60.7 Å². The van der Waals surface area contributed by atoms with E-state index < -0.39 is 0 Å². The molecular weight excluding hydrogens is 803 g/mol. The van der Waals surface area contributed by atoms with Crippen molar-refractivity contribution >= 4 is 97.1 Å². The van der Waals surface area contributed by atoms with Crippen molar-refractivity contribution in [2.45, 2.75) is 0 Å². The molecule has 0 unspecified atom stereocenters. The van der Waals surface area contributed by atoms with E-state index in [1.165, 1.54) is 52.8 Å². The lowest BCUT2D eigenvalue weighted by atomic mass is 10.1. The maximum absolute atomic E-state index is 7.10. The van der Waals surface area contributed by atoms with E-state index in [0.29, 0.717) is 17.5 Å². The summed E-state index contributed by atoms with van der Waals surface area (Å²) in [5, 5.41) is 9.47. The minimum Gasteiger partial charge on any atom is -0.453 e. The van der Waals surface area contributed by atoms with E-state index in [2.05, 4.69) is 143 Å². The average molecular weight is 836 g/mol. The van der Waals surface area contributed by atoms with Crippen LogP contribution in [0, 0.1) is 0 Å². The van der Waals surface area contributed by atoms with E-state index in [-0.39, 0.29) is 0 Å². The van der Waals surface area contributed by atoms with Crippen LogP contribution in [0.4, 0.5) is 0 Å². The second kappa shape index (κ2) is 13.6. The van der Waals surface area contributed by atoms with E-state index in [0.717, 1.165) is 61.0 Å². The molecule has 0 amide bonds. The summed E-state index contributed by atoms with van der Waals surface area (Å²) in [7, 11) is 0. The summed E-state index contributed by atoms with van der Waals surface area (Å²) in [6.07, 6.45) is 0. The average Bonchev–Trinajstić information content (AvgIpc) is 4.11. The number of thiophene rings is 1. The first kappa shape index (κ1) is 35.2. The highest BCUT2D eigenvalue weighted by Gasteiger charge is 2.23. The first-order valence-electron chi connectivity index (χ1n) is 21.4. The van der Waals surface area contributed by atoms with Crippen LogP contribution >= 0.6 is 11.3 Å². The summed E-state index contributed by atoms with van der Waals surface area (Å²) in [6, 6.07) is 70.8. The zero-order chi connectivity index (χ0) is 41.9. The smallest absolute Gasteiger partial charge is 0.167 e. The monoisotopic (exact) mass is 835 g/mol. The normalized spacial score (nSPS) is 12.1. The largest absolute Gasteiger partial charge is 0.453 e. The van der Waals surface area contributed by atoms with Gasteiger partial charge in [0, 0.05) is 69.3 Å². The van der Waals surface area contributed by atoms with Crippen molar-refractivity contribution in [1.82, 2.24) is 24.1 Å². The lowest BCUT2D eigenvalue weighted by Gasteiger charge is -2.11. The molecule has 5 heterocycles. The van der Waals surface area contributed by atoms with E-state index in [9.17, 15) is 0 Å². The van der Waals surface area contributed by atoms with Crippen molar-refractivity contribution in [2.24, 2.45) is 0 Å². The number of para-hydroxylation sites is 4. The molecule has 0 aliphatic rings. The molecule has 0 bridgehead atoms. The molecule has 14 aromatic rings. The molecule has 7 heteroatoms. The molecule has 9 aromatic carbocycles. The zero-order valence-electron chi connectivity index (χ0n) is 34.1. The Kier molecular flexibility index (Phi) is 7.46. The van der Waals surface area contributed by atoms with Crippen molar-refractivity contribution in [3.63, 3.8) is 0 Å². The Bertz CT molecular complexity index is 4140. The summed E-state index contributed by atoms with van der Waals surface area (Å²) in [5.41, 5.74) is 10.9. The molecule has 14 rings (SSSR count). The van der Waals surface area contributed by atoms with Gasteiger partial charge in [0.2, 0.25) is 0 Å². The summed E-state index contributed by atoms with van der Waals surface area (Å²) >= 11 is 1.87. The molecule has 0 saturated carbocycles. The Balaban J connectivity index is 0.977. The van der Waals surface area contributed by atoms with Gasteiger partial charge in [-0.1, -0.05) is 140 Å². The second-order valence-electron chi connectivity index (χ2n) is 16.3. The van der Waals surface area contributed by atoms with Gasteiger partial charge in [0.1, 0.15) is 5.58 Å². The number of hydrogen-bond acceptors (Lipinski definition) is 5. The fourth-order valence-electron chi connectivity index (χ4n) is 9.91. The Hall–Kier alpha value is -8.39. The molecule has 0 spiro atoms. The topological polar surface area (TPSA) is 61.7 Å². The van der Waals surface area contributed by atoms with Crippen molar-refractivity contribution in [1.29, 1.82) is 0 Å². The van der Waals surface area contributed by atoms with E-state index in [4.69, 9.17) is 19.4 Å². The fraction of sp³-hybridized carbons (Fsp3) is 0. The predicted molar refractivity (Wildman–Crippen MR) is 265 cm³/mol. The van der Waals surface area contributed by atoms with E-state index in [1.54, 1.807) is 0 Å². The maximum atomic E-state index is 7.10. The van der Waals surface area contributed by atoms with Gasteiger partial charge in [-0.25, -0.2) is 15.0 Å². The van der Waals surface area contributed by atoms with Gasteiger partial charge in [-0.15, -0.1) is 11.3 Å². The van der Waals surface area contributed by atoms with Crippen LogP contribution in [-0.4, -0.2) is 24.1 Å². The highest BCUT2D eigenvalue weighted by atomic mass is 32.1. The lowest BCUT2D eigenvalue weighted by molar-refractivity contribution is 0.667. The molecule has 0 N–H and O–H groups in total. The summed E-state index contributed by atoms with van der Waals surface area (Å²) in [4.78, 5) is 15.1. The van der Waals surface area contributed by atoms with Crippen LogP contribution in [-0.2, 0) is 0 Å². The van der Waals surface area contributed by atoms with Gasteiger partial charge in [-0.2, -0.15) is 0 Å². The maximum Gasteiger partial charge on any atom is 0.167 e. The number of hydrogen-bond donors (Lipinski definition) is 0. The van der Waals surface area contributed by atoms with E-state index >= 15 is 0 Å². The van der Waals surface area contributed by atoms with Crippen LogP contribution in [0.15, 0.2) is 205 Å². The van der Waals surface area contributed by atoms with Gasteiger partial charge in [-0.3, -0.25) is 0 Å². The summed E-state index contributed by atoms with van der Waals surface area (Å²) < 4.78 is 14.5. The highest BCUT2D eigenvalue weighted by molar-refractivity contribution is 7.25. The third-order valence-electron chi connectivity index (χ3n) is 12.8.